The fourth-order valence-electron chi connectivity index (χ4n) is 8.17. The first kappa shape index (κ1) is 42.5. The number of hydrogen-bond donors (Lipinski definition) is 5. The molecule has 3 atom stereocenters. The van der Waals surface area contributed by atoms with Gasteiger partial charge in [-0.1, -0.05) is 70.2 Å². The highest BCUT2D eigenvalue weighted by Crippen LogP contribution is 2.49. The molecular weight excluding hydrogens is 777 g/mol. The number of ether oxygens (including phenoxy) is 3. The number of unbranched alkanes of at least 4 members (excludes halogenated alkanes) is 1. The number of rotatable bonds is 14. The summed E-state index contributed by atoms with van der Waals surface area (Å²) in [4.78, 5) is 68.7. The first-order valence-electron chi connectivity index (χ1n) is 20.8. The van der Waals surface area contributed by atoms with Gasteiger partial charge in [0.2, 0.25) is 5.91 Å². The van der Waals surface area contributed by atoms with Gasteiger partial charge in [0, 0.05) is 47.2 Å². The van der Waals surface area contributed by atoms with Gasteiger partial charge in [0.05, 0.1) is 44.0 Å². The molecule has 1 fully saturated rings. The van der Waals surface area contributed by atoms with E-state index in [0.717, 1.165) is 76.6 Å². The molecule has 5 aromatic rings. The molecule has 0 saturated carbocycles. The zero-order valence-corrected chi connectivity index (χ0v) is 35.5. The van der Waals surface area contributed by atoms with Crippen LogP contribution in [0.3, 0.4) is 0 Å². The summed E-state index contributed by atoms with van der Waals surface area (Å²) in [6.07, 6.45) is 6.16. The van der Waals surface area contributed by atoms with Gasteiger partial charge in [-0.25, -0.2) is 19.6 Å². The second-order valence-corrected chi connectivity index (χ2v) is 16.3. The van der Waals surface area contributed by atoms with Gasteiger partial charge in [0.25, 0.3) is 5.91 Å². The number of carbonyl (C=O) groups excluding carboxylic acids is 4. The summed E-state index contributed by atoms with van der Waals surface area (Å²) in [5.74, 6) is 2.56. The normalized spacial score (nSPS) is 16.1. The van der Waals surface area contributed by atoms with Crippen molar-refractivity contribution in [1.82, 2.24) is 40.8 Å². The lowest BCUT2D eigenvalue weighted by atomic mass is 9.75. The zero-order valence-electron chi connectivity index (χ0n) is 35.5. The van der Waals surface area contributed by atoms with E-state index in [1.165, 1.54) is 14.2 Å². The third kappa shape index (κ3) is 9.25. The molecule has 0 bridgehead atoms. The van der Waals surface area contributed by atoms with Crippen molar-refractivity contribution in [3.63, 3.8) is 0 Å². The monoisotopic (exact) mass is 830 g/mol. The summed E-state index contributed by atoms with van der Waals surface area (Å²) in [7, 11) is 2.55. The Hall–Kier alpha value is -6.64. The molecular formula is C46H54N8O7. The Morgan fingerprint density at radius 2 is 1.56 bits per heavy atom. The van der Waals surface area contributed by atoms with Gasteiger partial charge in [-0.05, 0) is 61.4 Å². The molecule has 2 aliphatic heterocycles. The second-order valence-electron chi connectivity index (χ2n) is 16.3. The van der Waals surface area contributed by atoms with E-state index in [-0.39, 0.29) is 29.2 Å². The lowest BCUT2D eigenvalue weighted by molar-refractivity contribution is -0.134. The third-order valence-electron chi connectivity index (χ3n) is 11.6. The molecule has 61 heavy (non-hydrogen) atoms. The lowest BCUT2D eigenvalue weighted by Gasteiger charge is -2.35. The van der Waals surface area contributed by atoms with Gasteiger partial charge < -0.3 is 45.0 Å². The van der Waals surface area contributed by atoms with Crippen LogP contribution in [0.2, 0.25) is 0 Å². The molecule has 7 rings (SSSR count). The van der Waals surface area contributed by atoms with Crippen molar-refractivity contribution in [2.45, 2.75) is 83.3 Å². The molecule has 3 aromatic carbocycles. The van der Waals surface area contributed by atoms with Crippen LogP contribution < -0.4 is 20.7 Å². The van der Waals surface area contributed by atoms with E-state index in [1.807, 2.05) is 74.8 Å². The number of benzene rings is 3. The number of aromatic amines is 2. The predicted molar refractivity (Wildman–Crippen MR) is 229 cm³/mol. The van der Waals surface area contributed by atoms with Gasteiger partial charge >= 0.3 is 12.2 Å². The average molecular weight is 831 g/mol. The number of hydrogen-bond acceptors (Lipinski definition) is 9. The fraction of sp³-hybridized carbons (Fsp3) is 0.391. The Kier molecular flexibility index (Phi) is 12.8. The molecule has 2 aliphatic rings. The number of H-pyrrole nitrogens is 2. The molecule has 320 valence electrons. The minimum Gasteiger partial charge on any atom is -0.457 e. The molecule has 1 saturated heterocycles. The summed E-state index contributed by atoms with van der Waals surface area (Å²) in [5.41, 5.74) is 6.01. The van der Waals surface area contributed by atoms with E-state index in [1.54, 1.807) is 4.90 Å². The van der Waals surface area contributed by atoms with Crippen molar-refractivity contribution in [1.29, 1.82) is 0 Å². The van der Waals surface area contributed by atoms with E-state index in [2.05, 4.69) is 67.7 Å². The number of fused-ring (bicyclic) bond motifs is 2. The molecule has 4 heterocycles. The summed E-state index contributed by atoms with van der Waals surface area (Å²) in [6, 6.07) is 19.7. The van der Waals surface area contributed by atoms with Gasteiger partial charge in [-0.3, -0.25) is 9.59 Å². The summed E-state index contributed by atoms with van der Waals surface area (Å²) in [6.45, 7) is 9.15. The number of amides is 4. The highest BCUT2D eigenvalue weighted by molar-refractivity contribution is 5.87. The van der Waals surface area contributed by atoms with Crippen LogP contribution in [0.15, 0.2) is 79.1 Å². The second kappa shape index (κ2) is 18.3. The standard InChI is InChI=1S/C46H54N8O7/c1-27(2)39(52-44(57)59-5)42(55)47-21-11-10-16-38-48-25-33(50-38)30-17-19-31-37(24-30)61-36-20-18-29(23-32(36)46(31,3)4)34-26-49-41(51-34)35-15-12-22-54(35)43(56)40(53-45(58)60-6)28-13-8-7-9-14-28/h7-9,13-14,17-20,23-27,35,39-40H,10-12,15-16,21-22H2,1-6H3,(H,47,55)(H,48,50)(H,49,51)(H,52,57)(H,53,58). The molecule has 3 unspecified atom stereocenters. The van der Waals surface area contributed by atoms with Crippen molar-refractivity contribution in [3.05, 3.63) is 107 Å². The topological polar surface area (TPSA) is 193 Å². The fourth-order valence-corrected chi connectivity index (χ4v) is 8.17. The third-order valence-corrected chi connectivity index (χ3v) is 11.6. The Balaban J connectivity index is 0.993. The molecule has 2 aromatic heterocycles. The van der Waals surface area contributed by atoms with Crippen LogP contribution in [0.4, 0.5) is 9.59 Å². The number of alkyl carbamates (subject to hydrolysis) is 2. The van der Waals surface area contributed by atoms with E-state index in [0.29, 0.717) is 30.9 Å². The van der Waals surface area contributed by atoms with Crippen molar-refractivity contribution < 1.29 is 33.4 Å². The minimum absolute atomic E-state index is 0.0815. The van der Waals surface area contributed by atoms with Crippen molar-refractivity contribution in [3.8, 4) is 34.0 Å². The van der Waals surface area contributed by atoms with E-state index >= 15 is 0 Å². The highest BCUT2D eigenvalue weighted by Gasteiger charge is 2.38. The summed E-state index contributed by atoms with van der Waals surface area (Å²) >= 11 is 0. The van der Waals surface area contributed by atoms with Crippen LogP contribution in [-0.2, 0) is 30.9 Å². The number of aromatic nitrogens is 4. The maximum atomic E-state index is 14.0. The van der Waals surface area contributed by atoms with Crippen molar-refractivity contribution >= 4 is 24.0 Å². The SMILES string of the molecule is COC(=O)NC(C(=O)N1CCCC1c1ncc(-c2ccc3c(c2)C(C)(C)c2ccc(-c4cnc(CCCCNC(=O)C(NC(=O)OC)C(C)C)[nH]4)cc2O3)[nH]1)c1ccccc1. The number of nitrogens with one attached hydrogen (secondary N) is 5. The van der Waals surface area contributed by atoms with E-state index in [4.69, 9.17) is 14.5 Å². The van der Waals surface area contributed by atoms with Crippen LogP contribution in [0.5, 0.6) is 11.5 Å². The Morgan fingerprint density at radius 1 is 0.852 bits per heavy atom. The Morgan fingerprint density at radius 3 is 2.31 bits per heavy atom. The van der Waals surface area contributed by atoms with E-state index in [9.17, 15) is 19.2 Å². The van der Waals surface area contributed by atoms with Crippen molar-refractivity contribution in [2.24, 2.45) is 5.92 Å². The summed E-state index contributed by atoms with van der Waals surface area (Å²) in [5, 5.41) is 8.22. The Labute approximate surface area is 355 Å². The number of carbonyl (C=O) groups is 4. The van der Waals surface area contributed by atoms with Gasteiger partial charge in [0.15, 0.2) is 0 Å². The first-order chi connectivity index (χ1) is 29.4. The quantitative estimate of drug-likeness (QED) is 0.0706. The molecule has 0 spiro atoms. The van der Waals surface area contributed by atoms with Crippen LogP contribution >= 0.6 is 0 Å². The maximum Gasteiger partial charge on any atom is 0.407 e. The average Bonchev–Trinajstić information content (AvgIpc) is 4.06. The van der Waals surface area contributed by atoms with Crippen LogP contribution in [0.25, 0.3) is 22.5 Å². The van der Waals surface area contributed by atoms with Crippen molar-refractivity contribution in [2.75, 3.05) is 27.3 Å². The van der Waals surface area contributed by atoms with Crippen LogP contribution in [0, 0.1) is 5.92 Å². The molecule has 15 nitrogen and oxygen atoms in total. The number of imidazole rings is 2. The summed E-state index contributed by atoms with van der Waals surface area (Å²) < 4.78 is 16.1. The maximum absolute atomic E-state index is 14.0. The predicted octanol–water partition coefficient (Wildman–Crippen LogP) is 7.48. The molecule has 4 amide bonds. The zero-order chi connectivity index (χ0) is 43.3. The number of nitrogens with zero attached hydrogens (tertiary/aromatic N) is 3. The molecule has 15 heteroatoms. The van der Waals surface area contributed by atoms with E-state index < -0.39 is 24.3 Å². The molecule has 5 N–H and O–H groups in total. The van der Waals surface area contributed by atoms with Gasteiger partial charge in [-0.15, -0.1) is 0 Å². The van der Waals surface area contributed by atoms with Gasteiger partial charge in [-0.2, -0.15) is 0 Å². The molecule has 0 radical (unpaired) electrons. The smallest absolute Gasteiger partial charge is 0.407 e. The highest BCUT2D eigenvalue weighted by atomic mass is 16.5. The first-order valence-corrected chi connectivity index (χ1v) is 20.8. The van der Waals surface area contributed by atoms with Gasteiger partial charge in [0.1, 0.15) is 35.2 Å². The molecule has 0 aliphatic carbocycles. The lowest BCUT2D eigenvalue weighted by Crippen LogP contribution is -2.49. The number of likely N-dealkylation sites (tertiary alicyclic amines) is 1. The van der Waals surface area contributed by atoms with Crippen LogP contribution in [-0.4, -0.2) is 82.2 Å². The minimum atomic E-state index is -0.893. The largest absolute Gasteiger partial charge is 0.457 e. The van der Waals surface area contributed by atoms with Crippen LogP contribution in [0.1, 0.15) is 93.8 Å². The Bertz CT molecular complexity index is 2370. The number of methoxy groups -OCH3 is 2. The number of aryl methyl sites for hydroxylation is 1.